The second-order valence-electron chi connectivity index (χ2n) is 10.9. The van der Waals surface area contributed by atoms with Gasteiger partial charge in [0.2, 0.25) is 0 Å². The van der Waals surface area contributed by atoms with Crippen molar-refractivity contribution in [2.45, 2.75) is 0 Å². The molecule has 2 heterocycles. The summed E-state index contributed by atoms with van der Waals surface area (Å²) in [4.78, 5) is 4.98. The van der Waals surface area contributed by atoms with E-state index >= 15 is 0 Å². The Hall–Kier alpha value is -5.28. The Kier molecular flexibility index (Phi) is 4.73. The molecular formula is C38H25BN2. The van der Waals surface area contributed by atoms with Gasteiger partial charge in [0.15, 0.2) is 0 Å². The minimum Gasteiger partial charge on any atom is -0.311 e. The summed E-state index contributed by atoms with van der Waals surface area (Å²) >= 11 is 0. The number of hydrogen-bond donors (Lipinski definition) is 0. The van der Waals surface area contributed by atoms with Crippen LogP contribution in [0.25, 0.3) is 21.5 Å². The molecule has 0 saturated carbocycles. The Morgan fingerprint density at radius 3 is 1.29 bits per heavy atom. The van der Waals surface area contributed by atoms with Crippen molar-refractivity contribution >= 4 is 78.8 Å². The molecule has 190 valence electrons. The normalized spacial score (nSPS) is 13.2. The summed E-state index contributed by atoms with van der Waals surface area (Å²) in [5, 5.41) is 5.06. The van der Waals surface area contributed by atoms with E-state index in [2.05, 4.69) is 161 Å². The van der Waals surface area contributed by atoms with Crippen LogP contribution in [0.2, 0.25) is 0 Å². The summed E-state index contributed by atoms with van der Waals surface area (Å²) < 4.78 is 0. The highest BCUT2D eigenvalue weighted by molar-refractivity contribution is 7.00. The van der Waals surface area contributed by atoms with E-state index in [0.717, 1.165) is 0 Å². The van der Waals surface area contributed by atoms with Crippen LogP contribution >= 0.6 is 0 Å². The predicted molar refractivity (Wildman–Crippen MR) is 175 cm³/mol. The first-order chi connectivity index (χ1) is 20.4. The first kappa shape index (κ1) is 22.5. The van der Waals surface area contributed by atoms with E-state index in [1.165, 1.54) is 72.1 Å². The fourth-order valence-electron chi connectivity index (χ4n) is 7.15. The van der Waals surface area contributed by atoms with Gasteiger partial charge in [-0.15, -0.1) is 0 Å². The molecule has 0 aliphatic carbocycles. The molecule has 0 fully saturated rings. The molecule has 41 heavy (non-hydrogen) atoms. The van der Waals surface area contributed by atoms with Gasteiger partial charge >= 0.3 is 0 Å². The lowest BCUT2D eigenvalue weighted by Gasteiger charge is -2.44. The van der Waals surface area contributed by atoms with Gasteiger partial charge in [0.1, 0.15) is 0 Å². The number of anilines is 6. The minimum absolute atomic E-state index is 0.111. The van der Waals surface area contributed by atoms with Crippen molar-refractivity contribution in [3.63, 3.8) is 0 Å². The summed E-state index contributed by atoms with van der Waals surface area (Å²) in [7, 11) is 0. The van der Waals surface area contributed by atoms with E-state index < -0.39 is 0 Å². The van der Waals surface area contributed by atoms with Gasteiger partial charge in [0.05, 0.1) is 0 Å². The minimum atomic E-state index is 0.111. The van der Waals surface area contributed by atoms with Crippen LogP contribution in [0, 0.1) is 0 Å². The third-order valence-electron chi connectivity index (χ3n) is 8.79. The fraction of sp³-hybridized carbons (Fsp3) is 0. The van der Waals surface area contributed by atoms with Crippen LogP contribution < -0.4 is 26.2 Å². The van der Waals surface area contributed by atoms with Crippen molar-refractivity contribution < 1.29 is 0 Å². The Labute approximate surface area is 239 Å². The van der Waals surface area contributed by atoms with Gasteiger partial charge in [-0.3, -0.25) is 0 Å². The number of rotatable bonds is 2. The van der Waals surface area contributed by atoms with Gasteiger partial charge in [-0.2, -0.15) is 0 Å². The second kappa shape index (κ2) is 8.61. The molecule has 2 aliphatic heterocycles. The molecule has 0 unspecified atom stereocenters. The maximum Gasteiger partial charge on any atom is 0.252 e. The maximum absolute atomic E-state index is 2.49. The molecule has 2 aliphatic rings. The van der Waals surface area contributed by atoms with Crippen molar-refractivity contribution in [3.8, 4) is 0 Å². The lowest BCUT2D eigenvalue weighted by molar-refractivity contribution is 1.27. The summed E-state index contributed by atoms with van der Waals surface area (Å²) in [6.07, 6.45) is 0. The Morgan fingerprint density at radius 1 is 0.366 bits per heavy atom. The Bertz CT molecular complexity index is 1970. The molecule has 7 aromatic carbocycles. The summed E-state index contributed by atoms with van der Waals surface area (Å²) in [6, 6.07) is 55.4. The van der Waals surface area contributed by atoms with Gasteiger partial charge in [0, 0.05) is 44.9 Å². The number of fused-ring (bicyclic) bond motifs is 8. The molecule has 3 heteroatoms. The molecule has 9 rings (SSSR count). The van der Waals surface area contributed by atoms with E-state index in [0.29, 0.717) is 0 Å². The quantitative estimate of drug-likeness (QED) is 0.213. The van der Waals surface area contributed by atoms with Crippen LogP contribution in [0.3, 0.4) is 0 Å². The van der Waals surface area contributed by atoms with Gasteiger partial charge in [-0.1, -0.05) is 115 Å². The highest BCUT2D eigenvalue weighted by Gasteiger charge is 2.44. The van der Waals surface area contributed by atoms with Crippen LogP contribution in [0.15, 0.2) is 152 Å². The molecular weight excluding hydrogens is 495 g/mol. The number of benzene rings is 7. The predicted octanol–water partition coefficient (Wildman–Crippen LogP) is 8.08. The molecule has 2 nitrogen and oxygen atoms in total. The molecule has 0 N–H and O–H groups in total. The largest absolute Gasteiger partial charge is 0.311 e. The van der Waals surface area contributed by atoms with E-state index in [4.69, 9.17) is 0 Å². The molecule has 0 radical (unpaired) electrons. The summed E-state index contributed by atoms with van der Waals surface area (Å²) in [6.45, 7) is 0.111. The van der Waals surface area contributed by atoms with E-state index in [1.807, 2.05) is 0 Å². The zero-order valence-corrected chi connectivity index (χ0v) is 22.4. The van der Waals surface area contributed by atoms with Crippen LogP contribution in [0.5, 0.6) is 0 Å². The molecule has 0 aromatic heterocycles. The van der Waals surface area contributed by atoms with Crippen molar-refractivity contribution in [2.24, 2.45) is 0 Å². The number of para-hydroxylation sites is 2. The smallest absolute Gasteiger partial charge is 0.252 e. The fourth-order valence-corrected chi connectivity index (χ4v) is 7.15. The molecule has 0 amide bonds. The standard InChI is InChI=1S/C38H25BN2/c1-3-14-28(15-4-1)40-34-20-11-21-35-36(34)39(32-24-22-26-12-7-9-18-30(26)37(32)40)33-25-23-27-13-8-10-19-31(27)38(33)41(35)29-16-5-2-6-17-29/h1-25H. The third kappa shape index (κ3) is 3.15. The van der Waals surface area contributed by atoms with Gasteiger partial charge in [-0.25, -0.2) is 0 Å². The van der Waals surface area contributed by atoms with Crippen LogP contribution in [0.1, 0.15) is 0 Å². The average Bonchev–Trinajstić information content (AvgIpc) is 3.05. The van der Waals surface area contributed by atoms with E-state index in [9.17, 15) is 0 Å². The van der Waals surface area contributed by atoms with Gasteiger partial charge in [-0.05, 0) is 63.6 Å². The third-order valence-corrected chi connectivity index (χ3v) is 8.79. The zero-order valence-electron chi connectivity index (χ0n) is 22.4. The molecule has 0 atom stereocenters. The molecule has 0 saturated heterocycles. The van der Waals surface area contributed by atoms with Crippen molar-refractivity contribution in [1.82, 2.24) is 0 Å². The molecule has 0 spiro atoms. The lowest BCUT2D eigenvalue weighted by atomic mass is 9.33. The number of nitrogens with zero attached hydrogens (tertiary/aromatic N) is 2. The van der Waals surface area contributed by atoms with Crippen LogP contribution in [-0.4, -0.2) is 6.71 Å². The van der Waals surface area contributed by atoms with Crippen molar-refractivity contribution in [1.29, 1.82) is 0 Å². The average molecular weight is 520 g/mol. The number of hydrogen-bond acceptors (Lipinski definition) is 2. The topological polar surface area (TPSA) is 6.48 Å². The lowest BCUT2D eigenvalue weighted by Crippen LogP contribution is -2.61. The molecule has 0 bridgehead atoms. The summed E-state index contributed by atoms with van der Waals surface area (Å²) in [5.74, 6) is 0. The highest BCUT2D eigenvalue weighted by Crippen LogP contribution is 2.46. The maximum atomic E-state index is 2.49. The molecule has 7 aromatic rings. The van der Waals surface area contributed by atoms with Crippen molar-refractivity contribution in [2.75, 3.05) is 9.80 Å². The van der Waals surface area contributed by atoms with Crippen LogP contribution in [0.4, 0.5) is 34.1 Å². The SMILES string of the molecule is c1ccc(N2c3cccc4c3B(c3ccc5ccccc5c32)c2ccc3ccccc3c2N4c2ccccc2)cc1. The first-order valence-corrected chi connectivity index (χ1v) is 14.2. The Balaban J connectivity index is 1.45. The van der Waals surface area contributed by atoms with Crippen LogP contribution in [-0.2, 0) is 0 Å². The zero-order chi connectivity index (χ0) is 26.9. The van der Waals surface area contributed by atoms with E-state index in [1.54, 1.807) is 0 Å². The second-order valence-corrected chi connectivity index (χ2v) is 10.9. The van der Waals surface area contributed by atoms with Crippen molar-refractivity contribution in [3.05, 3.63) is 152 Å². The monoisotopic (exact) mass is 520 g/mol. The Morgan fingerprint density at radius 2 is 0.805 bits per heavy atom. The summed E-state index contributed by atoms with van der Waals surface area (Å²) in [5.41, 5.74) is 11.4. The first-order valence-electron chi connectivity index (χ1n) is 14.2. The van der Waals surface area contributed by atoms with E-state index in [-0.39, 0.29) is 6.71 Å². The van der Waals surface area contributed by atoms with Gasteiger partial charge < -0.3 is 9.80 Å². The highest BCUT2D eigenvalue weighted by atomic mass is 15.2. The van der Waals surface area contributed by atoms with Gasteiger partial charge in [0.25, 0.3) is 6.71 Å².